The Bertz CT molecular complexity index is 278. The molecule has 0 radical (unpaired) electrons. The number of nitrogen functional groups attached to an aromatic ring is 1. The van der Waals surface area contributed by atoms with E-state index in [1.54, 1.807) is 0 Å². The van der Waals surface area contributed by atoms with Crippen LogP contribution in [-0.2, 0) is 0 Å². The summed E-state index contributed by atoms with van der Waals surface area (Å²) in [7, 11) is 0. The first-order valence-electron chi connectivity index (χ1n) is 4.23. The van der Waals surface area contributed by atoms with Gasteiger partial charge in [-0.15, -0.1) is 0 Å². The lowest BCUT2D eigenvalue weighted by molar-refractivity contribution is 0.891. The van der Waals surface area contributed by atoms with Crippen molar-refractivity contribution in [3.05, 3.63) is 5.56 Å². The summed E-state index contributed by atoms with van der Waals surface area (Å²) in [6.07, 6.45) is 2.75. The van der Waals surface area contributed by atoms with Gasteiger partial charge in [0.2, 0.25) is 0 Å². The zero-order chi connectivity index (χ0) is 8.55. The summed E-state index contributed by atoms with van der Waals surface area (Å²) >= 11 is 1.46. The molecule has 0 saturated heterocycles. The lowest BCUT2D eigenvalue weighted by Crippen LogP contribution is -2.02. The zero-order valence-corrected chi connectivity index (χ0v) is 7.95. The van der Waals surface area contributed by atoms with E-state index in [9.17, 15) is 0 Å². The van der Waals surface area contributed by atoms with Crippen LogP contribution in [0.2, 0.25) is 0 Å². The number of hydrogen-bond donors (Lipinski definition) is 2. The van der Waals surface area contributed by atoms with E-state index in [0.717, 1.165) is 23.0 Å². The number of hydrogen-bond acceptors (Lipinski definition) is 4. The first-order chi connectivity index (χ1) is 5.77. The number of rotatable bonds is 3. The Morgan fingerprint density at radius 2 is 2.42 bits per heavy atom. The van der Waals surface area contributed by atoms with Gasteiger partial charge in [0.15, 0.2) is 0 Å². The van der Waals surface area contributed by atoms with E-state index in [-0.39, 0.29) is 0 Å². The van der Waals surface area contributed by atoms with Crippen LogP contribution >= 0.6 is 11.5 Å². The quantitative estimate of drug-likeness (QED) is 0.752. The topological polar surface area (TPSA) is 50.9 Å². The van der Waals surface area contributed by atoms with Crippen molar-refractivity contribution < 1.29 is 0 Å². The highest BCUT2D eigenvalue weighted by Gasteiger charge is 2.21. The van der Waals surface area contributed by atoms with Crippen molar-refractivity contribution in [1.29, 1.82) is 0 Å². The fraction of sp³-hybridized carbons (Fsp3) is 0.625. The molecule has 1 aliphatic carbocycles. The highest BCUT2D eigenvalue weighted by atomic mass is 32.1. The molecule has 3 N–H and O–H groups in total. The van der Waals surface area contributed by atoms with Crippen LogP contribution in [-0.4, -0.2) is 10.9 Å². The molecule has 1 aromatic heterocycles. The zero-order valence-electron chi connectivity index (χ0n) is 7.13. The third-order valence-electron chi connectivity index (χ3n) is 2.21. The molecule has 1 aromatic rings. The average Bonchev–Trinajstić information content (AvgIpc) is 2.82. The number of nitrogens with two attached hydrogens (primary N) is 1. The monoisotopic (exact) mass is 183 g/mol. The highest BCUT2D eigenvalue weighted by molar-refractivity contribution is 7.10. The Morgan fingerprint density at radius 3 is 2.92 bits per heavy atom. The molecule has 2 rings (SSSR count). The Morgan fingerprint density at radius 1 is 1.67 bits per heavy atom. The fourth-order valence-corrected chi connectivity index (χ4v) is 1.79. The van der Waals surface area contributed by atoms with Crippen LogP contribution in [0.5, 0.6) is 0 Å². The summed E-state index contributed by atoms with van der Waals surface area (Å²) < 4.78 is 4.07. The van der Waals surface area contributed by atoms with E-state index in [1.807, 2.05) is 6.92 Å². The standard InChI is InChI=1S/C8H13N3S/c1-5-7(9)11-12-8(5)10-4-6-2-3-6/h6,10H,2-4H2,1H3,(H2,9,11). The molecule has 0 aromatic carbocycles. The van der Waals surface area contributed by atoms with Crippen LogP contribution in [0, 0.1) is 12.8 Å². The van der Waals surface area contributed by atoms with Gasteiger partial charge in [-0.2, -0.15) is 4.37 Å². The van der Waals surface area contributed by atoms with Crippen molar-refractivity contribution in [1.82, 2.24) is 4.37 Å². The lowest BCUT2D eigenvalue weighted by atomic mass is 10.3. The van der Waals surface area contributed by atoms with E-state index in [1.165, 1.54) is 24.4 Å². The highest BCUT2D eigenvalue weighted by Crippen LogP contribution is 2.31. The molecule has 4 heteroatoms. The molecule has 1 heterocycles. The van der Waals surface area contributed by atoms with Crippen LogP contribution in [0.25, 0.3) is 0 Å². The van der Waals surface area contributed by atoms with Crippen LogP contribution in [0.3, 0.4) is 0 Å². The fourth-order valence-electron chi connectivity index (χ4n) is 1.07. The molecule has 1 saturated carbocycles. The predicted octanol–water partition coefficient (Wildman–Crippen LogP) is 1.86. The number of anilines is 2. The summed E-state index contributed by atoms with van der Waals surface area (Å²) in [6.45, 7) is 3.09. The maximum atomic E-state index is 5.62. The number of aromatic nitrogens is 1. The molecule has 1 fully saturated rings. The Kier molecular flexibility index (Phi) is 1.92. The molecular formula is C8H13N3S. The van der Waals surface area contributed by atoms with Crippen LogP contribution in [0.15, 0.2) is 0 Å². The summed E-state index contributed by atoms with van der Waals surface area (Å²) in [6, 6.07) is 0. The second-order valence-electron chi connectivity index (χ2n) is 3.35. The van der Waals surface area contributed by atoms with E-state index in [4.69, 9.17) is 5.73 Å². The number of nitrogens with zero attached hydrogens (tertiary/aromatic N) is 1. The van der Waals surface area contributed by atoms with Gasteiger partial charge in [-0.3, -0.25) is 0 Å². The van der Waals surface area contributed by atoms with Crippen LogP contribution < -0.4 is 11.1 Å². The molecule has 0 bridgehead atoms. The second kappa shape index (κ2) is 2.94. The molecule has 0 aliphatic heterocycles. The molecule has 0 atom stereocenters. The molecule has 0 amide bonds. The summed E-state index contributed by atoms with van der Waals surface area (Å²) in [5.74, 6) is 1.56. The minimum Gasteiger partial charge on any atom is -0.383 e. The van der Waals surface area contributed by atoms with Crippen molar-refractivity contribution in [2.24, 2.45) is 5.92 Å². The van der Waals surface area contributed by atoms with Crippen molar-refractivity contribution >= 4 is 22.4 Å². The largest absolute Gasteiger partial charge is 0.383 e. The maximum absolute atomic E-state index is 5.62. The van der Waals surface area contributed by atoms with E-state index in [2.05, 4.69) is 9.69 Å². The molecule has 1 aliphatic rings. The Labute approximate surface area is 76.1 Å². The molecule has 12 heavy (non-hydrogen) atoms. The summed E-state index contributed by atoms with van der Waals surface area (Å²) in [5.41, 5.74) is 6.72. The first-order valence-corrected chi connectivity index (χ1v) is 5.00. The van der Waals surface area contributed by atoms with Crippen LogP contribution in [0.1, 0.15) is 18.4 Å². The molecule has 0 spiro atoms. The van der Waals surface area contributed by atoms with Crippen molar-refractivity contribution in [2.75, 3.05) is 17.6 Å². The third-order valence-corrected chi connectivity index (χ3v) is 3.13. The molecule has 3 nitrogen and oxygen atoms in total. The van der Waals surface area contributed by atoms with Gasteiger partial charge in [-0.05, 0) is 37.2 Å². The Balaban J connectivity index is 1.96. The van der Waals surface area contributed by atoms with Crippen molar-refractivity contribution in [2.45, 2.75) is 19.8 Å². The lowest BCUT2D eigenvalue weighted by Gasteiger charge is -2.01. The van der Waals surface area contributed by atoms with Crippen molar-refractivity contribution in [3.8, 4) is 0 Å². The predicted molar refractivity (Wildman–Crippen MR) is 52.5 cm³/mol. The normalized spacial score (nSPS) is 16.4. The van der Waals surface area contributed by atoms with Gasteiger partial charge in [0.1, 0.15) is 10.8 Å². The van der Waals surface area contributed by atoms with Gasteiger partial charge in [0, 0.05) is 12.1 Å². The van der Waals surface area contributed by atoms with E-state index >= 15 is 0 Å². The van der Waals surface area contributed by atoms with Gasteiger partial charge in [0.05, 0.1) is 0 Å². The first kappa shape index (κ1) is 7.86. The van der Waals surface area contributed by atoms with E-state index in [0.29, 0.717) is 5.82 Å². The molecular weight excluding hydrogens is 170 g/mol. The SMILES string of the molecule is Cc1c(N)nsc1NCC1CC1. The van der Waals surface area contributed by atoms with Gasteiger partial charge >= 0.3 is 0 Å². The summed E-state index contributed by atoms with van der Waals surface area (Å²) in [4.78, 5) is 0. The maximum Gasteiger partial charge on any atom is 0.142 e. The second-order valence-corrected chi connectivity index (χ2v) is 4.12. The van der Waals surface area contributed by atoms with Gasteiger partial charge < -0.3 is 11.1 Å². The van der Waals surface area contributed by atoms with Gasteiger partial charge in [-0.1, -0.05) is 0 Å². The minimum atomic E-state index is 0.665. The average molecular weight is 183 g/mol. The van der Waals surface area contributed by atoms with E-state index < -0.39 is 0 Å². The molecule has 0 unspecified atom stereocenters. The van der Waals surface area contributed by atoms with Gasteiger partial charge in [0.25, 0.3) is 0 Å². The third kappa shape index (κ3) is 1.53. The van der Waals surface area contributed by atoms with Crippen molar-refractivity contribution in [3.63, 3.8) is 0 Å². The minimum absolute atomic E-state index is 0.665. The number of nitrogens with one attached hydrogen (secondary N) is 1. The van der Waals surface area contributed by atoms with Crippen LogP contribution in [0.4, 0.5) is 10.8 Å². The smallest absolute Gasteiger partial charge is 0.142 e. The summed E-state index contributed by atoms with van der Waals surface area (Å²) in [5, 5.41) is 4.51. The molecule has 66 valence electrons. The Hall–Kier alpha value is -0.770. The van der Waals surface area contributed by atoms with Gasteiger partial charge in [-0.25, -0.2) is 0 Å².